The molecule has 0 nitrogen and oxygen atoms in total. The van der Waals surface area contributed by atoms with E-state index in [-0.39, 0.29) is 16.5 Å². The van der Waals surface area contributed by atoms with E-state index in [1.807, 2.05) is 0 Å². The SMILES string of the molecule is Fc1ccc(C(Br)c2cc(Br)ccc2F)cc1. The molecule has 2 rings (SSSR count). The monoisotopic (exact) mass is 360 g/mol. The van der Waals surface area contributed by atoms with Crippen molar-refractivity contribution in [2.45, 2.75) is 4.83 Å². The number of benzene rings is 2. The van der Waals surface area contributed by atoms with Crippen LogP contribution in [0.2, 0.25) is 0 Å². The second-order valence-corrected chi connectivity index (χ2v) is 5.41. The van der Waals surface area contributed by atoms with Crippen molar-refractivity contribution in [1.82, 2.24) is 0 Å². The van der Waals surface area contributed by atoms with Crippen molar-refractivity contribution < 1.29 is 8.78 Å². The van der Waals surface area contributed by atoms with Gasteiger partial charge in [-0.15, -0.1) is 0 Å². The van der Waals surface area contributed by atoms with Gasteiger partial charge in [-0.2, -0.15) is 0 Å². The minimum atomic E-state index is -0.303. The van der Waals surface area contributed by atoms with Gasteiger partial charge in [-0.25, -0.2) is 8.78 Å². The van der Waals surface area contributed by atoms with Crippen molar-refractivity contribution in [2.75, 3.05) is 0 Å². The molecule has 0 aliphatic carbocycles. The molecule has 0 fully saturated rings. The van der Waals surface area contributed by atoms with Crippen molar-refractivity contribution >= 4 is 31.9 Å². The first-order chi connectivity index (χ1) is 8.08. The number of hydrogen-bond acceptors (Lipinski definition) is 0. The van der Waals surface area contributed by atoms with Crippen LogP contribution in [0, 0.1) is 11.6 Å². The van der Waals surface area contributed by atoms with Gasteiger partial charge in [0, 0.05) is 10.0 Å². The van der Waals surface area contributed by atoms with Crippen LogP contribution in [-0.4, -0.2) is 0 Å². The Morgan fingerprint density at radius 1 is 0.941 bits per heavy atom. The standard InChI is InChI=1S/C13H8Br2F2/c14-9-3-6-12(17)11(7-9)13(15)8-1-4-10(16)5-2-8/h1-7,13H. The summed E-state index contributed by atoms with van der Waals surface area (Å²) in [5.74, 6) is -0.595. The van der Waals surface area contributed by atoms with Gasteiger partial charge >= 0.3 is 0 Å². The summed E-state index contributed by atoms with van der Waals surface area (Å²) in [5, 5.41) is 0. The maximum absolute atomic E-state index is 13.7. The zero-order valence-electron chi connectivity index (χ0n) is 8.63. The molecule has 4 heteroatoms. The molecule has 88 valence electrons. The molecule has 2 aromatic carbocycles. The average Bonchev–Trinajstić information content (AvgIpc) is 2.32. The minimum Gasteiger partial charge on any atom is -0.207 e. The molecule has 2 aromatic rings. The zero-order chi connectivity index (χ0) is 12.4. The van der Waals surface area contributed by atoms with E-state index in [0.29, 0.717) is 5.56 Å². The zero-order valence-corrected chi connectivity index (χ0v) is 11.8. The van der Waals surface area contributed by atoms with Crippen LogP contribution in [0.4, 0.5) is 8.78 Å². The molecular weight excluding hydrogens is 354 g/mol. The molecule has 0 saturated carbocycles. The molecule has 0 bridgehead atoms. The fourth-order valence-electron chi connectivity index (χ4n) is 1.52. The maximum atomic E-state index is 13.7. The third kappa shape index (κ3) is 2.93. The van der Waals surface area contributed by atoms with Gasteiger partial charge in [0.15, 0.2) is 0 Å². The molecule has 0 saturated heterocycles. The summed E-state index contributed by atoms with van der Waals surface area (Å²) in [6.07, 6.45) is 0. The summed E-state index contributed by atoms with van der Waals surface area (Å²) in [6, 6.07) is 10.7. The van der Waals surface area contributed by atoms with Crippen LogP contribution in [0.25, 0.3) is 0 Å². The average molecular weight is 362 g/mol. The number of alkyl halides is 1. The predicted molar refractivity (Wildman–Crippen MR) is 71.3 cm³/mol. The van der Waals surface area contributed by atoms with Gasteiger partial charge < -0.3 is 0 Å². The summed E-state index contributed by atoms with van der Waals surface area (Å²) in [7, 11) is 0. The summed E-state index contributed by atoms with van der Waals surface area (Å²) < 4.78 is 27.3. The lowest BCUT2D eigenvalue weighted by Crippen LogP contribution is -1.96. The topological polar surface area (TPSA) is 0 Å². The molecule has 0 spiro atoms. The van der Waals surface area contributed by atoms with Crippen LogP contribution in [0.3, 0.4) is 0 Å². The highest BCUT2D eigenvalue weighted by molar-refractivity contribution is 9.10. The number of rotatable bonds is 2. The Hall–Kier alpha value is -0.740. The third-order valence-electron chi connectivity index (χ3n) is 2.39. The summed E-state index contributed by atoms with van der Waals surface area (Å²) in [4.78, 5) is -0.291. The van der Waals surface area contributed by atoms with Crippen LogP contribution in [-0.2, 0) is 0 Å². The van der Waals surface area contributed by atoms with Crippen LogP contribution in [0.15, 0.2) is 46.9 Å². The normalized spacial score (nSPS) is 12.5. The fraction of sp³-hybridized carbons (Fsp3) is 0.0769. The van der Waals surface area contributed by atoms with E-state index >= 15 is 0 Å². The Morgan fingerprint density at radius 3 is 2.24 bits per heavy atom. The summed E-state index contributed by atoms with van der Waals surface area (Å²) in [6.45, 7) is 0. The maximum Gasteiger partial charge on any atom is 0.127 e. The predicted octanol–water partition coefficient (Wildman–Crippen LogP) is 5.21. The highest BCUT2D eigenvalue weighted by atomic mass is 79.9. The van der Waals surface area contributed by atoms with E-state index in [9.17, 15) is 8.78 Å². The van der Waals surface area contributed by atoms with Crippen LogP contribution >= 0.6 is 31.9 Å². The van der Waals surface area contributed by atoms with Crippen molar-refractivity contribution in [2.24, 2.45) is 0 Å². The Kier molecular flexibility index (Phi) is 3.94. The molecule has 0 heterocycles. The van der Waals surface area contributed by atoms with E-state index in [1.54, 1.807) is 24.3 Å². The lowest BCUT2D eigenvalue weighted by atomic mass is 10.0. The van der Waals surface area contributed by atoms with Gasteiger partial charge in [-0.05, 0) is 35.9 Å². The van der Waals surface area contributed by atoms with Crippen LogP contribution in [0.1, 0.15) is 16.0 Å². The molecule has 1 atom stereocenters. The minimum absolute atomic E-state index is 0.291. The van der Waals surface area contributed by atoms with Gasteiger partial charge in [0.2, 0.25) is 0 Å². The molecule has 0 aromatic heterocycles. The van der Waals surface area contributed by atoms with Crippen molar-refractivity contribution in [3.05, 3.63) is 69.7 Å². The largest absolute Gasteiger partial charge is 0.207 e. The number of hydrogen-bond donors (Lipinski definition) is 0. The van der Waals surface area contributed by atoms with Crippen molar-refractivity contribution in [1.29, 1.82) is 0 Å². The Morgan fingerprint density at radius 2 is 1.59 bits per heavy atom. The van der Waals surface area contributed by atoms with E-state index in [0.717, 1.165) is 10.0 Å². The van der Waals surface area contributed by atoms with Crippen LogP contribution < -0.4 is 0 Å². The highest BCUT2D eigenvalue weighted by Crippen LogP contribution is 2.33. The molecule has 0 N–H and O–H groups in total. The second-order valence-electron chi connectivity index (χ2n) is 3.58. The van der Waals surface area contributed by atoms with Crippen molar-refractivity contribution in [3.8, 4) is 0 Å². The van der Waals surface area contributed by atoms with Gasteiger partial charge in [-0.3, -0.25) is 0 Å². The molecule has 0 radical (unpaired) electrons. The number of halogens is 4. The highest BCUT2D eigenvalue weighted by Gasteiger charge is 2.15. The second kappa shape index (κ2) is 5.27. The smallest absolute Gasteiger partial charge is 0.127 e. The molecule has 0 aliphatic heterocycles. The first-order valence-electron chi connectivity index (χ1n) is 4.92. The summed E-state index contributed by atoms with van der Waals surface area (Å²) in [5.41, 5.74) is 1.33. The lowest BCUT2D eigenvalue weighted by molar-refractivity contribution is 0.612. The van der Waals surface area contributed by atoms with Gasteiger partial charge in [0.25, 0.3) is 0 Å². The first kappa shape index (κ1) is 12.7. The summed E-state index contributed by atoms with van der Waals surface area (Å²) >= 11 is 6.72. The van der Waals surface area contributed by atoms with Gasteiger partial charge in [-0.1, -0.05) is 44.0 Å². The first-order valence-corrected chi connectivity index (χ1v) is 6.63. The van der Waals surface area contributed by atoms with E-state index < -0.39 is 0 Å². The molecule has 1 unspecified atom stereocenters. The molecular formula is C13H8Br2F2. The van der Waals surface area contributed by atoms with Crippen molar-refractivity contribution in [3.63, 3.8) is 0 Å². The Balaban J connectivity index is 2.39. The van der Waals surface area contributed by atoms with Gasteiger partial charge in [0.05, 0.1) is 4.83 Å². The third-order valence-corrected chi connectivity index (χ3v) is 3.91. The Bertz CT molecular complexity index is 523. The van der Waals surface area contributed by atoms with Crippen LogP contribution in [0.5, 0.6) is 0 Å². The molecule has 0 aliphatic rings. The van der Waals surface area contributed by atoms with E-state index in [2.05, 4.69) is 31.9 Å². The molecule has 0 amide bonds. The Labute approximate surface area is 115 Å². The fourth-order valence-corrected chi connectivity index (χ4v) is 2.56. The van der Waals surface area contributed by atoms with E-state index in [4.69, 9.17) is 0 Å². The molecule has 17 heavy (non-hydrogen) atoms. The lowest BCUT2D eigenvalue weighted by Gasteiger charge is -2.12. The van der Waals surface area contributed by atoms with Gasteiger partial charge in [0.1, 0.15) is 11.6 Å². The van der Waals surface area contributed by atoms with E-state index in [1.165, 1.54) is 18.2 Å². The quantitative estimate of drug-likeness (QED) is 0.644.